The summed E-state index contributed by atoms with van der Waals surface area (Å²) in [6.07, 6.45) is 6.41. The van der Waals surface area contributed by atoms with Crippen LogP contribution >= 0.6 is 0 Å². The van der Waals surface area contributed by atoms with E-state index in [0.717, 1.165) is 0 Å². The van der Waals surface area contributed by atoms with Crippen LogP contribution in [-0.4, -0.2) is 60.6 Å². The van der Waals surface area contributed by atoms with Crippen LogP contribution in [0, 0.1) is 12.3 Å². The number of amides is 1. The number of hydrogen-bond acceptors (Lipinski definition) is 10. The Hall–Kier alpha value is -4.99. The van der Waals surface area contributed by atoms with Crippen LogP contribution in [0.5, 0.6) is 0 Å². The maximum absolute atomic E-state index is 12.5. The molecule has 13 nitrogen and oxygen atoms in total. The molecule has 0 bridgehead atoms. The number of carbonyl (C=O) groups excluding carboxylic acids is 1. The van der Waals surface area contributed by atoms with E-state index in [9.17, 15) is 19.5 Å². The monoisotopic (exact) mass is 478 g/mol. The number of aliphatic carboxylic acids is 2. The van der Waals surface area contributed by atoms with Gasteiger partial charge in [-0.25, -0.2) is 14.8 Å². The Morgan fingerprint density at radius 2 is 1.83 bits per heavy atom. The maximum Gasteiger partial charge on any atom is 0.326 e. The lowest BCUT2D eigenvalue weighted by molar-refractivity contribution is -0.140. The summed E-state index contributed by atoms with van der Waals surface area (Å²) in [5.41, 5.74) is 13.4. The first-order valence-electron chi connectivity index (χ1n) is 10.3. The van der Waals surface area contributed by atoms with Gasteiger partial charge in [0, 0.05) is 17.7 Å². The Morgan fingerprint density at radius 1 is 1.11 bits per heavy atom. The zero-order chi connectivity index (χ0) is 25.5. The van der Waals surface area contributed by atoms with Gasteiger partial charge in [-0.15, -0.1) is 6.42 Å². The van der Waals surface area contributed by atoms with Crippen LogP contribution in [0.1, 0.15) is 28.9 Å². The zero-order valence-corrected chi connectivity index (χ0v) is 18.4. The minimum absolute atomic E-state index is 0.00769. The van der Waals surface area contributed by atoms with Crippen molar-refractivity contribution in [2.24, 2.45) is 0 Å². The van der Waals surface area contributed by atoms with E-state index >= 15 is 0 Å². The highest BCUT2D eigenvalue weighted by molar-refractivity contribution is 5.97. The molecule has 0 saturated carbocycles. The van der Waals surface area contributed by atoms with Gasteiger partial charge in [-0.2, -0.15) is 9.97 Å². The smallest absolute Gasteiger partial charge is 0.326 e. The molecular formula is C22H22N8O5. The summed E-state index contributed by atoms with van der Waals surface area (Å²) in [4.78, 5) is 52.9. The van der Waals surface area contributed by atoms with Crippen LogP contribution < -0.4 is 21.7 Å². The van der Waals surface area contributed by atoms with E-state index < -0.39 is 23.9 Å². The highest BCUT2D eigenvalue weighted by atomic mass is 16.4. The second-order valence-corrected chi connectivity index (χ2v) is 7.40. The van der Waals surface area contributed by atoms with Crippen LogP contribution in [0.2, 0.25) is 0 Å². The van der Waals surface area contributed by atoms with Crippen molar-refractivity contribution in [2.45, 2.75) is 25.4 Å². The Kier molecular flexibility index (Phi) is 7.57. The van der Waals surface area contributed by atoms with Crippen molar-refractivity contribution in [3.05, 3.63) is 41.7 Å². The predicted molar refractivity (Wildman–Crippen MR) is 126 cm³/mol. The summed E-state index contributed by atoms with van der Waals surface area (Å²) in [5.74, 6) is -0.463. The topological polar surface area (TPSA) is 211 Å². The normalized spacial score (nSPS) is 11.4. The molecule has 0 aliphatic rings. The molecule has 0 aliphatic heterocycles. The molecule has 0 spiro atoms. The first-order chi connectivity index (χ1) is 16.7. The lowest BCUT2D eigenvalue weighted by atomic mass is 10.1. The van der Waals surface area contributed by atoms with Gasteiger partial charge in [-0.05, 0) is 30.7 Å². The van der Waals surface area contributed by atoms with Crippen molar-refractivity contribution in [3.63, 3.8) is 0 Å². The van der Waals surface area contributed by atoms with Crippen LogP contribution in [-0.2, 0) is 16.1 Å². The van der Waals surface area contributed by atoms with E-state index in [1.54, 1.807) is 17.0 Å². The number of carboxylic acids is 2. The Balaban J connectivity index is 1.76. The van der Waals surface area contributed by atoms with Crippen molar-refractivity contribution in [1.29, 1.82) is 0 Å². The first-order valence-corrected chi connectivity index (χ1v) is 10.3. The molecule has 3 rings (SSSR count). The molecule has 180 valence electrons. The average molecular weight is 478 g/mol. The fourth-order valence-corrected chi connectivity index (χ4v) is 3.19. The third-order valence-electron chi connectivity index (χ3n) is 4.88. The van der Waals surface area contributed by atoms with Gasteiger partial charge in [0.1, 0.15) is 6.04 Å². The van der Waals surface area contributed by atoms with E-state index in [0.29, 0.717) is 16.9 Å². The number of aromatic nitrogens is 4. The molecule has 2 aromatic heterocycles. The molecule has 1 amide bonds. The van der Waals surface area contributed by atoms with Crippen molar-refractivity contribution < 1.29 is 24.6 Å². The Bertz CT molecular complexity index is 1310. The molecule has 1 atom stereocenters. The minimum atomic E-state index is -1.32. The van der Waals surface area contributed by atoms with E-state index in [1.165, 1.54) is 18.3 Å². The van der Waals surface area contributed by atoms with Gasteiger partial charge in [-0.3, -0.25) is 9.59 Å². The van der Waals surface area contributed by atoms with E-state index in [-0.39, 0.29) is 48.9 Å². The number of nitrogens with zero attached hydrogens (tertiary/aromatic N) is 5. The molecule has 1 unspecified atom stereocenters. The van der Waals surface area contributed by atoms with Crippen molar-refractivity contribution in [3.8, 4) is 12.3 Å². The SMILES string of the molecule is C#CCN(Cc1cnc2nc(N)nc(N)c2n1)c1ccc(C(=O)NC(CCC(=O)O)C(=O)O)cc1. The highest BCUT2D eigenvalue weighted by Gasteiger charge is 2.22. The van der Waals surface area contributed by atoms with Crippen LogP contribution in [0.3, 0.4) is 0 Å². The average Bonchev–Trinajstić information content (AvgIpc) is 2.81. The summed E-state index contributed by atoms with van der Waals surface area (Å²) in [7, 11) is 0. The Labute approximate surface area is 199 Å². The number of rotatable bonds is 10. The van der Waals surface area contributed by atoms with Crippen LogP contribution in [0.4, 0.5) is 17.5 Å². The third-order valence-corrected chi connectivity index (χ3v) is 4.88. The van der Waals surface area contributed by atoms with Gasteiger partial charge in [0.2, 0.25) is 5.95 Å². The van der Waals surface area contributed by atoms with Crippen LogP contribution in [0.25, 0.3) is 11.2 Å². The summed E-state index contributed by atoms with van der Waals surface area (Å²) < 4.78 is 0. The van der Waals surface area contributed by atoms with Gasteiger partial charge < -0.3 is 31.9 Å². The number of terminal acetylenes is 1. The highest BCUT2D eigenvalue weighted by Crippen LogP contribution is 2.20. The lowest BCUT2D eigenvalue weighted by Crippen LogP contribution is -2.41. The maximum atomic E-state index is 12.5. The van der Waals surface area contributed by atoms with E-state index in [1.807, 2.05) is 0 Å². The van der Waals surface area contributed by atoms with Gasteiger partial charge in [0.05, 0.1) is 25.0 Å². The van der Waals surface area contributed by atoms with Gasteiger partial charge in [0.15, 0.2) is 17.0 Å². The molecule has 3 aromatic rings. The first kappa shape index (κ1) is 24.6. The fraction of sp³-hybridized carbons (Fsp3) is 0.227. The van der Waals surface area contributed by atoms with Crippen molar-refractivity contribution >= 4 is 46.5 Å². The number of carboxylic acid groups (broad SMARTS) is 2. The number of carbonyl (C=O) groups is 3. The predicted octanol–water partition coefficient (Wildman–Crippen LogP) is 0.272. The summed E-state index contributed by atoms with van der Waals surface area (Å²) in [5, 5.41) is 20.3. The van der Waals surface area contributed by atoms with E-state index in [4.69, 9.17) is 23.0 Å². The quantitative estimate of drug-likeness (QED) is 0.249. The molecule has 0 aliphatic carbocycles. The molecule has 1 aromatic carbocycles. The number of nitrogen functional groups attached to an aromatic ring is 2. The van der Waals surface area contributed by atoms with Crippen LogP contribution in [0.15, 0.2) is 30.5 Å². The molecule has 35 heavy (non-hydrogen) atoms. The molecule has 0 radical (unpaired) electrons. The molecule has 0 saturated heterocycles. The second-order valence-electron chi connectivity index (χ2n) is 7.40. The molecule has 13 heteroatoms. The Morgan fingerprint density at radius 3 is 2.46 bits per heavy atom. The minimum Gasteiger partial charge on any atom is -0.481 e. The summed E-state index contributed by atoms with van der Waals surface area (Å²) in [6.45, 7) is 0.480. The lowest BCUT2D eigenvalue weighted by Gasteiger charge is -2.22. The number of anilines is 3. The zero-order valence-electron chi connectivity index (χ0n) is 18.4. The number of nitrogens with two attached hydrogens (primary N) is 2. The third kappa shape index (κ3) is 6.29. The molecule has 7 N–H and O–H groups in total. The van der Waals surface area contributed by atoms with Crippen molar-refractivity contribution in [2.75, 3.05) is 22.9 Å². The fourth-order valence-electron chi connectivity index (χ4n) is 3.19. The van der Waals surface area contributed by atoms with Gasteiger partial charge in [0.25, 0.3) is 5.91 Å². The molecule has 2 heterocycles. The van der Waals surface area contributed by atoms with Gasteiger partial charge in [-0.1, -0.05) is 5.92 Å². The second kappa shape index (κ2) is 10.8. The number of hydrogen-bond donors (Lipinski definition) is 5. The van der Waals surface area contributed by atoms with Gasteiger partial charge >= 0.3 is 11.9 Å². The van der Waals surface area contributed by atoms with E-state index in [2.05, 4.69) is 31.2 Å². The van der Waals surface area contributed by atoms with Crippen molar-refractivity contribution in [1.82, 2.24) is 25.3 Å². The molecular weight excluding hydrogens is 456 g/mol. The number of benzene rings is 1. The summed E-state index contributed by atoms with van der Waals surface area (Å²) >= 11 is 0. The summed E-state index contributed by atoms with van der Waals surface area (Å²) in [6, 6.07) is 4.97. The largest absolute Gasteiger partial charge is 0.481 e. The number of nitrogens with one attached hydrogen (secondary N) is 1. The molecule has 0 fully saturated rings. The number of fused-ring (bicyclic) bond motifs is 1. The standard InChI is InChI=1S/C22H22N8O5/c1-2-9-30(11-13-10-25-19-17(26-13)18(23)28-22(24)29-19)14-5-3-12(4-6-14)20(33)27-15(21(34)35)7-8-16(31)32/h1,3-6,10,15H,7-9,11H2,(H,27,33)(H,31,32)(H,34,35)(H4,23,24,25,28,29).